The molecule has 2 aliphatic rings. The molecule has 1 unspecified atom stereocenters. The molecule has 0 saturated carbocycles. The molecular formula is C15H20N2O. The van der Waals surface area contributed by atoms with Gasteiger partial charge in [0.2, 0.25) is 5.91 Å². The zero-order valence-corrected chi connectivity index (χ0v) is 10.6. The van der Waals surface area contributed by atoms with E-state index < -0.39 is 0 Å². The maximum atomic E-state index is 11.8. The smallest absolute Gasteiger partial charge is 0.220 e. The summed E-state index contributed by atoms with van der Waals surface area (Å²) >= 11 is 0. The molecule has 1 amide bonds. The number of hydrogen-bond acceptors (Lipinski definition) is 2. The Morgan fingerprint density at radius 1 is 1.17 bits per heavy atom. The Labute approximate surface area is 108 Å². The summed E-state index contributed by atoms with van der Waals surface area (Å²) in [6.07, 6.45) is 3.91. The fraction of sp³-hybridized carbons (Fsp3) is 0.533. The van der Waals surface area contributed by atoms with Crippen molar-refractivity contribution in [1.29, 1.82) is 0 Å². The van der Waals surface area contributed by atoms with Crippen LogP contribution in [0.5, 0.6) is 0 Å². The lowest BCUT2D eigenvalue weighted by molar-refractivity contribution is -0.119. The SMILES string of the molecule is O=C1CC2(CCNCC2)C(Cc2ccccc2)N1. The van der Waals surface area contributed by atoms with Gasteiger partial charge in [0.1, 0.15) is 0 Å². The lowest BCUT2D eigenvalue weighted by atomic mass is 9.71. The van der Waals surface area contributed by atoms with E-state index in [1.54, 1.807) is 0 Å². The van der Waals surface area contributed by atoms with Gasteiger partial charge in [-0.1, -0.05) is 30.3 Å². The average molecular weight is 244 g/mol. The van der Waals surface area contributed by atoms with Crippen molar-refractivity contribution in [1.82, 2.24) is 10.6 Å². The van der Waals surface area contributed by atoms with Crippen molar-refractivity contribution in [3.63, 3.8) is 0 Å². The number of piperidine rings is 1. The Morgan fingerprint density at radius 2 is 1.89 bits per heavy atom. The van der Waals surface area contributed by atoms with Crippen LogP contribution in [0.3, 0.4) is 0 Å². The zero-order chi connectivity index (χ0) is 12.4. The third-order valence-corrected chi connectivity index (χ3v) is 4.47. The molecule has 2 saturated heterocycles. The summed E-state index contributed by atoms with van der Waals surface area (Å²) < 4.78 is 0. The summed E-state index contributed by atoms with van der Waals surface area (Å²) in [5, 5.41) is 6.59. The predicted molar refractivity (Wildman–Crippen MR) is 71.2 cm³/mol. The molecule has 2 fully saturated rings. The number of carbonyl (C=O) groups excluding carboxylic acids is 1. The topological polar surface area (TPSA) is 41.1 Å². The van der Waals surface area contributed by atoms with E-state index in [1.807, 2.05) is 6.07 Å². The summed E-state index contributed by atoms with van der Waals surface area (Å²) in [5.74, 6) is 0.234. The van der Waals surface area contributed by atoms with Crippen molar-refractivity contribution in [3.8, 4) is 0 Å². The molecule has 0 aromatic heterocycles. The van der Waals surface area contributed by atoms with Crippen LogP contribution >= 0.6 is 0 Å². The van der Waals surface area contributed by atoms with Crippen LogP contribution in [0.15, 0.2) is 30.3 Å². The van der Waals surface area contributed by atoms with E-state index >= 15 is 0 Å². The van der Waals surface area contributed by atoms with Crippen LogP contribution in [0, 0.1) is 5.41 Å². The van der Waals surface area contributed by atoms with Crippen molar-refractivity contribution >= 4 is 5.91 Å². The minimum Gasteiger partial charge on any atom is -0.352 e. The van der Waals surface area contributed by atoms with Gasteiger partial charge in [0.15, 0.2) is 0 Å². The maximum Gasteiger partial charge on any atom is 0.220 e. The second-order valence-corrected chi connectivity index (χ2v) is 5.60. The number of nitrogens with one attached hydrogen (secondary N) is 2. The van der Waals surface area contributed by atoms with Crippen molar-refractivity contribution in [3.05, 3.63) is 35.9 Å². The Bertz CT molecular complexity index is 423. The van der Waals surface area contributed by atoms with Crippen LogP contribution in [-0.2, 0) is 11.2 Å². The van der Waals surface area contributed by atoms with E-state index in [1.165, 1.54) is 5.56 Å². The second kappa shape index (κ2) is 4.73. The molecule has 1 aromatic carbocycles. The molecule has 2 heterocycles. The van der Waals surface area contributed by atoms with E-state index in [0.29, 0.717) is 12.5 Å². The highest BCUT2D eigenvalue weighted by Gasteiger charge is 2.46. The first kappa shape index (κ1) is 11.7. The molecule has 0 bridgehead atoms. The number of amides is 1. The van der Waals surface area contributed by atoms with Gasteiger partial charge in [0, 0.05) is 17.9 Å². The molecule has 0 aliphatic carbocycles. The van der Waals surface area contributed by atoms with Crippen LogP contribution in [0.25, 0.3) is 0 Å². The Kier molecular flexibility index (Phi) is 3.08. The minimum atomic E-state index is 0.193. The molecule has 96 valence electrons. The highest BCUT2D eigenvalue weighted by atomic mass is 16.2. The summed E-state index contributed by atoms with van der Waals surface area (Å²) in [6, 6.07) is 10.8. The number of hydrogen-bond donors (Lipinski definition) is 2. The summed E-state index contributed by atoms with van der Waals surface area (Å²) in [6.45, 7) is 2.08. The number of carbonyl (C=O) groups is 1. The van der Waals surface area contributed by atoms with Crippen molar-refractivity contribution in [2.75, 3.05) is 13.1 Å². The van der Waals surface area contributed by atoms with Gasteiger partial charge >= 0.3 is 0 Å². The molecule has 3 rings (SSSR count). The first-order valence-corrected chi connectivity index (χ1v) is 6.83. The summed E-state index contributed by atoms with van der Waals surface area (Å²) in [4.78, 5) is 11.8. The van der Waals surface area contributed by atoms with E-state index in [-0.39, 0.29) is 11.3 Å². The molecule has 18 heavy (non-hydrogen) atoms. The number of benzene rings is 1. The average Bonchev–Trinajstić information content (AvgIpc) is 2.67. The first-order chi connectivity index (χ1) is 8.78. The van der Waals surface area contributed by atoms with Gasteiger partial charge in [-0.25, -0.2) is 0 Å². The van der Waals surface area contributed by atoms with Crippen LogP contribution < -0.4 is 10.6 Å². The van der Waals surface area contributed by atoms with Gasteiger partial charge in [-0.3, -0.25) is 4.79 Å². The van der Waals surface area contributed by atoms with Gasteiger partial charge in [-0.05, 0) is 37.9 Å². The maximum absolute atomic E-state index is 11.8. The van der Waals surface area contributed by atoms with Crippen molar-refractivity contribution < 1.29 is 4.79 Å². The van der Waals surface area contributed by atoms with Crippen LogP contribution in [0.4, 0.5) is 0 Å². The fourth-order valence-corrected chi connectivity index (χ4v) is 3.41. The van der Waals surface area contributed by atoms with Gasteiger partial charge in [0.05, 0.1) is 0 Å². The summed E-state index contributed by atoms with van der Waals surface area (Å²) in [5.41, 5.74) is 1.51. The molecule has 2 N–H and O–H groups in total. The van der Waals surface area contributed by atoms with Crippen LogP contribution in [-0.4, -0.2) is 25.0 Å². The van der Waals surface area contributed by atoms with E-state index in [9.17, 15) is 4.79 Å². The van der Waals surface area contributed by atoms with Gasteiger partial charge in [-0.2, -0.15) is 0 Å². The Hall–Kier alpha value is -1.35. The van der Waals surface area contributed by atoms with E-state index in [0.717, 1.165) is 32.4 Å². The minimum absolute atomic E-state index is 0.193. The molecular weight excluding hydrogens is 224 g/mol. The third kappa shape index (κ3) is 2.15. The third-order valence-electron chi connectivity index (χ3n) is 4.47. The Morgan fingerprint density at radius 3 is 2.61 bits per heavy atom. The molecule has 1 aromatic rings. The van der Waals surface area contributed by atoms with E-state index in [2.05, 4.69) is 34.9 Å². The monoisotopic (exact) mass is 244 g/mol. The van der Waals surface area contributed by atoms with Crippen molar-refractivity contribution in [2.45, 2.75) is 31.7 Å². The highest BCUT2D eigenvalue weighted by Crippen LogP contribution is 2.41. The zero-order valence-electron chi connectivity index (χ0n) is 10.6. The molecule has 0 radical (unpaired) electrons. The molecule has 1 spiro atoms. The molecule has 3 nitrogen and oxygen atoms in total. The molecule has 3 heteroatoms. The molecule has 1 atom stereocenters. The lowest BCUT2D eigenvalue weighted by Gasteiger charge is -2.38. The summed E-state index contributed by atoms with van der Waals surface area (Å²) in [7, 11) is 0. The highest BCUT2D eigenvalue weighted by molar-refractivity contribution is 5.80. The fourth-order valence-electron chi connectivity index (χ4n) is 3.41. The van der Waals surface area contributed by atoms with Gasteiger partial charge in [-0.15, -0.1) is 0 Å². The van der Waals surface area contributed by atoms with Gasteiger partial charge in [0.25, 0.3) is 0 Å². The van der Waals surface area contributed by atoms with Crippen LogP contribution in [0.2, 0.25) is 0 Å². The Balaban J connectivity index is 1.79. The lowest BCUT2D eigenvalue weighted by Crippen LogP contribution is -2.45. The van der Waals surface area contributed by atoms with Crippen LogP contribution in [0.1, 0.15) is 24.8 Å². The molecule has 2 aliphatic heterocycles. The van der Waals surface area contributed by atoms with Gasteiger partial charge < -0.3 is 10.6 Å². The number of rotatable bonds is 2. The predicted octanol–water partition coefficient (Wildman–Crippen LogP) is 1.49. The quantitative estimate of drug-likeness (QED) is 0.827. The second-order valence-electron chi connectivity index (χ2n) is 5.60. The largest absolute Gasteiger partial charge is 0.352 e. The van der Waals surface area contributed by atoms with E-state index in [4.69, 9.17) is 0 Å². The first-order valence-electron chi connectivity index (χ1n) is 6.83. The normalized spacial score (nSPS) is 26.2. The van der Waals surface area contributed by atoms with Crippen molar-refractivity contribution in [2.24, 2.45) is 5.41 Å². The standard InChI is InChI=1S/C15H20N2O/c18-14-11-15(6-8-16-9-7-15)13(17-14)10-12-4-2-1-3-5-12/h1-5,13,16H,6-11H2,(H,17,18).